The smallest absolute Gasteiger partial charge is 0.257 e. The predicted molar refractivity (Wildman–Crippen MR) is 140 cm³/mol. The molecule has 6 nitrogen and oxygen atoms in total. The number of hydrogen-bond acceptors (Lipinski definition) is 5. The Bertz CT molecular complexity index is 1220. The fourth-order valence-corrected chi connectivity index (χ4v) is 5.78. The van der Waals surface area contributed by atoms with Gasteiger partial charge in [0.25, 0.3) is 5.91 Å². The van der Waals surface area contributed by atoms with E-state index in [0.29, 0.717) is 44.2 Å². The first-order valence-corrected chi connectivity index (χ1v) is 13.1. The van der Waals surface area contributed by atoms with Gasteiger partial charge in [-0.2, -0.15) is 0 Å². The minimum Gasteiger partial charge on any atom is -0.491 e. The van der Waals surface area contributed by atoms with Crippen LogP contribution in [0, 0.1) is 5.82 Å². The minimum absolute atomic E-state index is 0.103. The summed E-state index contributed by atoms with van der Waals surface area (Å²) in [4.78, 5) is 20.1. The monoisotopic (exact) mass is 501 g/mol. The van der Waals surface area contributed by atoms with Gasteiger partial charge in [-0.3, -0.25) is 14.6 Å². The van der Waals surface area contributed by atoms with Crippen LogP contribution in [0.2, 0.25) is 0 Å². The summed E-state index contributed by atoms with van der Waals surface area (Å²) >= 11 is 0. The highest BCUT2D eigenvalue weighted by molar-refractivity contribution is 5.97. The summed E-state index contributed by atoms with van der Waals surface area (Å²) in [5.74, 6) is -0.186. The molecule has 0 bridgehead atoms. The molecule has 2 heterocycles. The van der Waals surface area contributed by atoms with Crippen molar-refractivity contribution in [1.29, 1.82) is 0 Å². The number of nitrogens with zero attached hydrogens (tertiary/aromatic N) is 3. The van der Waals surface area contributed by atoms with Gasteiger partial charge >= 0.3 is 0 Å². The van der Waals surface area contributed by atoms with Crippen LogP contribution in [0.1, 0.15) is 27.5 Å². The van der Waals surface area contributed by atoms with E-state index in [9.17, 15) is 9.18 Å². The highest BCUT2D eigenvalue weighted by Gasteiger charge is 2.35. The van der Waals surface area contributed by atoms with Crippen molar-refractivity contribution < 1.29 is 18.7 Å². The molecule has 3 aromatic carbocycles. The molecule has 0 unspecified atom stereocenters. The van der Waals surface area contributed by atoms with E-state index in [1.807, 2.05) is 4.90 Å². The molecule has 1 amide bonds. The number of halogens is 1. The van der Waals surface area contributed by atoms with Gasteiger partial charge in [-0.1, -0.05) is 48.5 Å². The summed E-state index contributed by atoms with van der Waals surface area (Å²) in [7, 11) is 0. The molecule has 2 aliphatic heterocycles. The van der Waals surface area contributed by atoms with Gasteiger partial charge in [-0.05, 0) is 34.4 Å². The number of amides is 1. The van der Waals surface area contributed by atoms with Crippen LogP contribution in [-0.4, -0.2) is 86.2 Å². The van der Waals surface area contributed by atoms with Gasteiger partial charge in [0, 0.05) is 51.9 Å². The van der Waals surface area contributed by atoms with Crippen molar-refractivity contribution in [2.45, 2.75) is 6.04 Å². The van der Waals surface area contributed by atoms with Crippen molar-refractivity contribution in [2.75, 3.05) is 65.6 Å². The van der Waals surface area contributed by atoms with Crippen molar-refractivity contribution in [1.82, 2.24) is 14.7 Å². The maximum atomic E-state index is 14.1. The second-order valence-corrected chi connectivity index (χ2v) is 9.85. The van der Waals surface area contributed by atoms with Crippen LogP contribution in [0.15, 0.2) is 66.7 Å². The Labute approximate surface area is 217 Å². The van der Waals surface area contributed by atoms with Gasteiger partial charge in [0.05, 0.1) is 24.8 Å². The predicted octanol–water partition coefficient (Wildman–Crippen LogP) is 4.06. The number of benzene rings is 3. The molecule has 2 fully saturated rings. The number of morpholine rings is 1. The van der Waals surface area contributed by atoms with Gasteiger partial charge in [0.2, 0.25) is 0 Å². The third-order valence-corrected chi connectivity index (χ3v) is 7.71. The van der Waals surface area contributed by atoms with Gasteiger partial charge < -0.3 is 14.4 Å². The highest BCUT2D eigenvalue weighted by atomic mass is 19.1. The number of ether oxygens (including phenoxy) is 2. The third kappa shape index (κ3) is 4.87. The lowest BCUT2D eigenvalue weighted by molar-refractivity contribution is 0.0321. The van der Waals surface area contributed by atoms with Crippen molar-refractivity contribution in [3.63, 3.8) is 0 Å². The van der Waals surface area contributed by atoms with Crippen LogP contribution in [0.25, 0.3) is 11.1 Å². The Kier molecular flexibility index (Phi) is 6.91. The molecule has 192 valence electrons. The molecular formula is C30H32FN3O3. The first kappa shape index (κ1) is 24.1. The van der Waals surface area contributed by atoms with Gasteiger partial charge in [-0.25, -0.2) is 4.39 Å². The average molecular weight is 502 g/mol. The zero-order chi connectivity index (χ0) is 25.2. The van der Waals surface area contributed by atoms with Crippen molar-refractivity contribution in [2.24, 2.45) is 0 Å². The topological polar surface area (TPSA) is 45.2 Å². The molecule has 3 aliphatic rings. The maximum absolute atomic E-state index is 14.1. The van der Waals surface area contributed by atoms with Crippen LogP contribution in [0.5, 0.6) is 5.75 Å². The molecular weight excluding hydrogens is 469 g/mol. The van der Waals surface area contributed by atoms with Crippen LogP contribution in [-0.2, 0) is 4.74 Å². The molecule has 6 rings (SSSR count). The van der Waals surface area contributed by atoms with Crippen LogP contribution in [0.3, 0.4) is 0 Å². The fraction of sp³-hybridized carbons (Fsp3) is 0.367. The molecule has 0 N–H and O–H groups in total. The number of fused-ring (bicyclic) bond motifs is 3. The Morgan fingerprint density at radius 3 is 2.19 bits per heavy atom. The third-order valence-electron chi connectivity index (χ3n) is 7.71. The fourth-order valence-electron chi connectivity index (χ4n) is 5.78. The van der Waals surface area contributed by atoms with Crippen molar-refractivity contribution in [3.05, 3.63) is 89.2 Å². The lowest BCUT2D eigenvalue weighted by Crippen LogP contribution is -2.49. The average Bonchev–Trinajstić information content (AvgIpc) is 3.28. The Morgan fingerprint density at radius 1 is 0.865 bits per heavy atom. The molecule has 37 heavy (non-hydrogen) atoms. The first-order chi connectivity index (χ1) is 18.2. The minimum atomic E-state index is -0.402. The van der Waals surface area contributed by atoms with Gasteiger partial charge in [0.1, 0.15) is 18.2 Å². The first-order valence-electron chi connectivity index (χ1n) is 13.1. The zero-order valence-electron chi connectivity index (χ0n) is 20.9. The number of carbonyl (C=O) groups excluding carboxylic acids is 1. The summed E-state index contributed by atoms with van der Waals surface area (Å²) in [5, 5.41) is 0. The van der Waals surface area contributed by atoms with Crippen molar-refractivity contribution in [3.8, 4) is 16.9 Å². The highest BCUT2D eigenvalue weighted by Crippen LogP contribution is 2.46. The second kappa shape index (κ2) is 10.6. The summed E-state index contributed by atoms with van der Waals surface area (Å²) in [5.41, 5.74) is 5.68. The Morgan fingerprint density at radius 2 is 1.51 bits per heavy atom. The number of piperazine rings is 1. The molecule has 0 atom stereocenters. The van der Waals surface area contributed by atoms with Crippen LogP contribution < -0.4 is 4.74 Å². The number of hydrogen-bond donors (Lipinski definition) is 0. The van der Waals surface area contributed by atoms with E-state index in [1.165, 1.54) is 34.4 Å². The maximum Gasteiger partial charge on any atom is 0.257 e. The molecule has 0 radical (unpaired) electrons. The molecule has 7 heteroatoms. The summed E-state index contributed by atoms with van der Waals surface area (Å²) < 4.78 is 25.4. The van der Waals surface area contributed by atoms with Crippen LogP contribution >= 0.6 is 0 Å². The zero-order valence-corrected chi connectivity index (χ0v) is 20.9. The van der Waals surface area contributed by atoms with Crippen molar-refractivity contribution >= 4 is 5.91 Å². The van der Waals surface area contributed by atoms with Crippen LogP contribution in [0.4, 0.5) is 4.39 Å². The standard InChI is InChI=1S/C30H32FN3O3/c31-22-9-10-27(28(21-22)37-20-17-32-15-18-36-19-16-32)30(35)34-13-11-33(12-14-34)29-25-7-3-1-5-23(25)24-6-2-4-8-26(24)29/h1-10,21,29H,11-20H2. The SMILES string of the molecule is O=C(c1ccc(F)cc1OCCN1CCOCC1)N1CCN(C2c3ccccc3-c3ccccc32)CC1. The molecule has 0 aromatic heterocycles. The van der Waals surface area contributed by atoms with E-state index in [4.69, 9.17) is 9.47 Å². The molecule has 3 aromatic rings. The van der Waals surface area contributed by atoms with E-state index in [2.05, 4.69) is 58.3 Å². The van der Waals surface area contributed by atoms with E-state index < -0.39 is 5.82 Å². The molecule has 2 saturated heterocycles. The summed E-state index contributed by atoms with van der Waals surface area (Å²) in [6.45, 7) is 7.04. The second-order valence-electron chi connectivity index (χ2n) is 9.85. The lowest BCUT2D eigenvalue weighted by Gasteiger charge is -2.39. The number of rotatable bonds is 6. The lowest BCUT2D eigenvalue weighted by atomic mass is 10.0. The van der Waals surface area contributed by atoms with E-state index >= 15 is 0 Å². The quantitative estimate of drug-likeness (QED) is 0.510. The van der Waals surface area contributed by atoms with Gasteiger partial charge in [0.15, 0.2) is 0 Å². The largest absolute Gasteiger partial charge is 0.491 e. The summed E-state index contributed by atoms with van der Waals surface area (Å²) in [6, 6.07) is 21.7. The van der Waals surface area contributed by atoms with E-state index in [1.54, 1.807) is 6.07 Å². The summed E-state index contributed by atoms with van der Waals surface area (Å²) in [6.07, 6.45) is 0. The van der Waals surface area contributed by atoms with E-state index in [0.717, 1.165) is 32.7 Å². The molecule has 0 saturated carbocycles. The normalized spacial score (nSPS) is 18.5. The molecule has 0 spiro atoms. The Balaban J connectivity index is 1.13. The van der Waals surface area contributed by atoms with E-state index in [-0.39, 0.29) is 11.9 Å². The Hall–Kier alpha value is -3.26. The number of carbonyl (C=O) groups is 1. The van der Waals surface area contributed by atoms with Gasteiger partial charge in [-0.15, -0.1) is 0 Å². The molecule has 1 aliphatic carbocycles.